The molecule has 3 heteroatoms. The Morgan fingerprint density at radius 3 is 1.43 bits per heavy atom. The maximum absolute atomic E-state index is 2.64. The molecule has 124 valence electrons. The molecule has 0 heterocycles. The van der Waals surface area contributed by atoms with Gasteiger partial charge in [0.15, 0.2) is 0 Å². The van der Waals surface area contributed by atoms with Crippen LogP contribution in [-0.2, 0) is 0 Å². The Bertz CT molecular complexity index is 242. The molecule has 0 aromatic heterocycles. The van der Waals surface area contributed by atoms with Crippen molar-refractivity contribution in [3.8, 4) is 0 Å². The van der Waals surface area contributed by atoms with E-state index in [0.717, 1.165) is 10.5 Å². The normalized spacial score (nSPS) is 21.4. The molecule has 21 heavy (non-hydrogen) atoms. The van der Waals surface area contributed by atoms with Gasteiger partial charge in [-0.2, -0.15) is 0 Å². The molecule has 0 aromatic carbocycles. The van der Waals surface area contributed by atoms with Gasteiger partial charge in [0.2, 0.25) is 0 Å². The van der Waals surface area contributed by atoms with Gasteiger partial charge >= 0.3 is 144 Å². The minimum atomic E-state index is -2.00. The Morgan fingerprint density at radius 1 is 0.714 bits per heavy atom. The molecule has 2 fully saturated rings. The fourth-order valence-corrected chi connectivity index (χ4v) is 42.0. The summed E-state index contributed by atoms with van der Waals surface area (Å²) in [5, 5.41) is 2.15. The quantitative estimate of drug-likeness (QED) is 0.329. The Hall–Kier alpha value is 1.50. The molecule has 2 saturated carbocycles. The van der Waals surface area contributed by atoms with Gasteiger partial charge in [-0.25, -0.2) is 0 Å². The zero-order valence-electron chi connectivity index (χ0n) is 14.4. The molecule has 0 aliphatic heterocycles. The average Bonchev–Trinajstić information content (AvgIpc) is 3.16. The van der Waals surface area contributed by atoms with E-state index in [9.17, 15) is 0 Å². The van der Waals surface area contributed by atoms with E-state index in [4.69, 9.17) is 0 Å². The van der Waals surface area contributed by atoms with Crippen LogP contribution in [-0.4, -0.2) is 26.1 Å². The van der Waals surface area contributed by atoms with Crippen LogP contribution < -0.4 is 0 Å². The molecule has 0 unspecified atom stereocenters. The molecule has 0 spiro atoms. The standard InChI is InChI=1S/2C5H10S.2C4H9.Sn/c2*6-5-3-1-2-4-5;2*1-3-4-2;/h2*5-6H,1-4H2;2*1,3-4H2,2H3;/q;;;;+2/p-2. The maximum atomic E-state index is 2.64. The monoisotopic (exact) mass is 436 g/mol. The number of unbranched alkanes of at least 4 members (excludes halogenated alkanes) is 2. The summed E-state index contributed by atoms with van der Waals surface area (Å²) < 4.78 is 3.35. The molecule has 0 amide bonds. The van der Waals surface area contributed by atoms with Crippen molar-refractivity contribution in [2.75, 3.05) is 0 Å². The predicted molar refractivity (Wildman–Crippen MR) is 105 cm³/mol. The van der Waals surface area contributed by atoms with Gasteiger partial charge < -0.3 is 0 Å². The summed E-state index contributed by atoms with van der Waals surface area (Å²) in [5.41, 5.74) is 0. The summed E-state index contributed by atoms with van der Waals surface area (Å²) in [6.45, 7) is 4.80. The van der Waals surface area contributed by atoms with Gasteiger partial charge in [0.1, 0.15) is 0 Å². The third-order valence-electron chi connectivity index (χ3n) is 5.19. The first-order valence-corrected chi connectivity index (χ1v) is 22.4. The average molecular weight is 435 g/mol. The third-order valence-corrected chi connectivity index (χ3v) is 36.4. The summed E-state index contributed by atoms with van der Waals surface area (Å²) in [5.74, 6) is 0. The first-order valence-electron chi connectivity index (χ1n) is 9.63. The Morgan fingerprint density at radius 2 is 1.10 bits per heavy atom. The first kappa shape index (κ1) is 18.8. The van der Waals surface area contributed by atoms with Gasteiger partial charge in [-0.3, -0.25) is 0 Å². The van der Waals surface area contributed by atoms with Crippen LogP contribution in [0.2, 0.25) is 8.87 Å². The van der Waals surface area contributed by atoms with Gasteiger partial charge in [-0.05, 0) is 0 Å². The van der Waals surface area contributed by atoms with Crippen LogP contribution >= 0.6 is 17.9 Å². The van der Waals surface area contributed by atoms with Crippen LogP contribution in [0.15, 0.2) is 0 Å². The van der Waals surface area contributed by atoms with Crippen LogP contribution in [0.1, 0.15) is 90.9 Å². The van der Waals surface area contributed by atoms with Gasteiger partial charge in [0.05, 0.1) is 0 Å². The summed E-state index contributed by atoms with van der Waals surface area (Å²) in [6.07, 6.45) is 18.2. The fraction of sp³-hybridized carbons (Fsp3) is 1.00. The number of hydrogen-bond donors (Lipinski definition) is 0. The van der Waals surface area contributed by atoms with Gasteiger partial charge in [0.25, 0.3) is 0 Å². The van der Waals surface area contributed by atoms with E-state index < -0.39 is 15.6 Å². The molecular weight excluding hydrogens is 399 g/mol. The van der Waals surface area contributed by atoms with Crippen LogP contribution in [0.4, 0.5) is 0 Å². The number of hydrogen-bond acceptors (Lipinski definition) is 2. The van der Waals surface area contributed by atoms with E-state index in [2.05, 4.69) is 31.7 Å². The fourth-order valence-electron chi connectivity index (χ4n) is 3.90. The van der Waals surface area contributed by atoms with Crippen molar-refractivity contribution in [3.05, 3.63) is 0 Å². The molecule has 0 saturated heterocycles. The second-order valence-electron chi connectivity index (χ2n) is 7.17. The first-order chi connectivity index (χ1) is 10.3. The third kappa shape index (κ3) is 6.49. The Labute approximate surface area is 143 Å². The van der Waals surface area contributed by atoms with E-state index in [0.29, 0.717) is 0 Å². The van der Waals surface area contributed by atoms with Crippen molar-refractivity contribution in [2.24, 2.45) is 0 Å². The van der Waals surface area contributed by atoms with Crippen molar-refractivity contribution < 1.29 is 0 Å². The van der Waals surface area contributed by atoms with E-state index in [1.54, 1.807) is 34.6 Å². The topological polar surface area (TPSA) is 0 Å². The molecule has 0 atom stereocenters. The second kappa shape index (κ2) is 10.4. The second-order valence-corrected chi connectivity index (χ2v) is 33.3. The van der Waals surface area contributed by atoms with Gasteiger partial charge in [0, 0.05) is 0 Å². The Kier molecular flexibility index (Phi) is 9.31. The summed E-state index contributed by atoms with van der Waals surface area (Å²) in [6, 6.07) is 0. The molecular formula is C18H36S2Sn. The van der Waals surface area contributed by atoms with Crippen molar-refractivity contribution in [1.29, 1.82) is 0 Å². The van der Waals surface area contributed by atoms with Crippen molar-refractivity contribution in [2.45, 2.75) is 110 Å². The SMILES string of the molecule is CCC[CH2][Sn]([CH2]CCC)([S]C1CCCC1)[S]C1CCCC1. The van der Waals surface area contributed by atoms with Gasteiger partial charge in [-0.15, -0.1) is 0 Å². The van der Waals surface area contributed by atoms with E-state index in [1.807, 2.05) is 0 Å². The van der Waals surface area contributed by atoms with Crippen LogP contribution in [0, 0.1) is 0 Å². The summed E-state index contributed by atoms with van der Waals surface area (Å²) >= 11 is -2.00. The zero-order chi connectivity index (χ0) is 15.0. The van der Waals surface area contributed by atoms with E-state index in [-0.39, 0.29) is 0 Å². The van der Waals surface area contributed by atoms with Crippen molar-refractivity contribution >= 4 is 33.5 Å². The summed E-state index contributed by atoms with van der Waals surface area (Å²) in [4.78, 5) is 0. The van der Waals surface area contributed by atoms with Crippen molar-refractivity contribution in [3.63, 3.8) is 0 Å². The van der Waals surface area contributed by atoms with Crippen LogP contribution in [0.3, 0.4) is 0 Å². The summed E-state index contributed by atoms with van der Waals surface area (Å²) in [7, 11) is 5.28. The molecule has 2 aliphatic carbocycles. The molecule has 0 aromatic rings. The molecule has 0 N–H and O–H groups in total. The van der Waals surface area contributed by atoms with E-state index >= 15 is 0 Å². The molecule has 0 radical (unpaired) electrons. The molecule has 0 nitrogen and oxygen atoms in total. The molecule has 2 aliphatic rings. The van der Waals surface area contributed by atoms with E-state index in [1.165, 1.54) is 51.4 Å². The minimum absolute atomic E-state index is 1.07. The number of rotatable bonds is 10. The van der Waals surface area contributed by atoms with Gasteiger partial charge in [-0.1, -0.05) is 0 Å². The Balaban J connectivity index is 2.00. The predicted octanol–water partition coefficient (Wildman–Crippen LogP) is 7.38. The van der Waals surface area contributed by atoms with Crippen molar-refractivity contribution in [1.82, 2.24) is 0 Å². The van der Waals surface area contributed by atoms with Crippen LogP contribution in [0.5, 0.6) is 0 Å². The molecule has 2 rings (SSSR count). The zero-order valence-corrected chi connectivity index (χ0v) is 18.9. The molecule has 0 bridgehead atoms. The van der Waals surface area contributed by atoms with Crippen LogP contribution in [0.25, 0.3) is 0 Å².